The average molecular weight is 294 g/mol. The molecule has 4 rings (SSSR count). The molecule has 0 unspecified atom stereocenters. The predicted molar refractivity (Wildman–Crippen MR) is 83.5 cm³/mol. The molecule has 0 atom stereocenters. The summed E-state index contributed by atoms with van der Waals surface area (Å²) in [6.07, 6.45) is 0.856. The summed E-state index contributed by atoms with van der Waals surface area (Å²) < 4.78 is 17.2. The van der Waals surface area contributed by atoms with Gasteiger partial charge >= 0.3 is 0 Å². The van der Waals surface area contributed by atoms with Gasteiger partial charge in [0, 0.05) is 18.1 Å². The number of hydrogen-bond donors (Lipinski definition) is 0. The summed E-state index contributed by atoms with van der Waals surface area (Å²) in [5, 5.41) is 0.584. The molecule has 110 valence electrons. The van der Waals surface area contributed by atoms with E-state index in [1.54, 1.807) is 12.1 Å². The standard InChI is InChI=1S/C18H14O4/c19-14-11-17(22-15-5-2-1-4-13(14)15)12-6-7-16-18(10-12)21-9-3-8-20-16/h1-2,4-7,10-11H,3,8-9H2. The topological polar surface area (TPSA) is 48.7 Å². The summed E-state index contributed by atoms with van der Waals surface area (Å²) in [7, 11) is 0. The molecular weight excluding hydrogens is 280 g/mol. The monoisotopic (exact) mass is 294 g/mol. The number of benzene rings is 2. The van der Waals surface area contributed by atoms with Crippen molar-refractivity contribution in [3.8, 4) is 22.8 Å². The van der Waals surface area contributed by atoms with Crippen molar-refractivity contribution >= 4 is 11.0 Å². The second-order valence-corrected chi connectivity index (χ2v) is 5.18. The molecule has 0 N–H and O–H groups in total. The van der Waals surface area contributed by atoms with Crippen LogP contribution in [0, 0.1) is 0 Å². The van der Waals surface area contributed by atoms with Crippen LogP contribution in [0.4, 0.5) is 0 Å². The largest absolute Gasteiger partial charge is 0.490 e. The number of para-hydroxylation sites is 1. The van der Waals surface area contributed by atoms with Gasteiger partial charge in [0.1, 0.15) is 11.3 Å². The molecule has 0 bridgehead atoms. The van der Waals surface area contributed by atoms with E-state index in [0.717, 1.165) is 17.7 Å². The molecule has 2 heterocycles. The first-order chi connectivity index (χ1) is 10.8. The molecule has 0 spiro atoms. The van der Waals surface area contributed by atoms with Crippen molar-refractivity contribution in [3.05, 3.63) is 58.8 Å². The Morgan fingerprint density at radius 1 is 0.864 bits per heavy atom. The minimum absolute atomic E-state index is 0.0519. The van der Waals surface area contributed by atoms with Crippen LogP contribution < -0.4 is 14.9 Å². The zero-order valence-corrected chi connectivity index (χ0v) is 11.9. The maximum absolute atomic E-state index is 12.2. The van der Waals surface area contributed by atoms with Gasteiger partial charge in [-0.15, -0.1) is 0 Å². The Balaban J connectivity index is 1.85. The Morgan fingerprint density at radius 3 is 2.59 bits per heavy atom. The van der Waals surface area contributed by atoms with Gasteiger partial charge in [-0.05, 0) is 30.3 Å². The first kappa shape index (κ1) is 13.0. The molecule has 2 aromatic carbocycles. The first-order valence-electron chi connectivity index (χ1n) is 7.24. The molecule has 22 heavy (non-hydrogen) atoms. The predicted octanol–water partition coefficient (Wildman–Crippen LogP) is 3.62. The fourth-order valence-corrected chi connectivity index (χ4v) is 2.56. The third-order valence-electron chi connectivity index (χ3n) is 3.67. The van der Waals surface area contributed by atoms with Gasteiger partial charge < -0.3 is 13.9 Å². The molecule has 1 aromatic heterocycles. The zero-order valence-electron chi connectivity index (χ0n) is 11.9. The number of ether oxygens (including phenoxy) is 2. The van der Waals surface area contributed by atoms with Crippen LogP contribution in [0.15, 0.2) is 57.7 Å². The SMILES string of the molecule is O=c1cc(-c2ccc3c(c2)OCCCO3)oc2ccccc12. The van der Waals surface area contributed by atoms with Gasteiger partial charge in [0.2, 0.25) is 0 Å². The van der Waals surface area contributed by atoms with Crippen LogP contribution in [0.5, 0.6) is 11.5 Å². The molecule has 0 aliphatic carbocycles. The number of hydrogen-bond acceptors (Lipinski definition) is 4. The van der Waals surface area contributed by atoms with Gasteiger partial charge in [-0.25, -0.2) is 0 Å². The molecule has 0 saturated heterocycles. The van der Waals surface area contributed by atoms with E-state index in [9.17, 15) is 4.79 Å². The minimum atomic E-state index is -0.0519. The Morgan fingerprint density at radius 2 is 1.68 bits per heavy atom. The van der Waals surface area contributed by atoms with E-state index in [1.165, 1.54) is 6.07 Å². The summed E-state index contributed by atoms with van der Waals surface area (Å²) >= 11 is 0. The van der Waals surface area contributed by atoms with Gasteiger partial charge in [-0.2, -0.15) is 0 Å². The van der Waals surface area contributed by atoms with Crippen molar-refractivity contribution in [1.82, 2.24) is 0 Å². The molecule has 3 aromatic rings. The third kappa shape index (κ3) is 2.22. The highest BCUT2D eigenvalue weighted by Crippen LogP contribution is 2.34. The quantitative estimate of drug-likeness (QED) is 0.687. The Bertz CT molecular complexity index is 895. The Hall–Kier alpha value is -2.75. The molecule has 1 aliphatic heterocycles. The van der Waals surface area contributed by atoms with Crippen LogP contribution in [0.1, 0.15) is 6.42 Å². The van der Waals surface area contributed by atoms with Crippen molar-refractivity contribution < 1.29 is 13.9 Å². The molecule has 0 amide bonds. The smallest absolute Gasteiger partial charge is 0.193 e. The lowest BCUT2D eigenvalue weighted by atomic mass is 10.1. The van der Waals surface area contributed by atoms with Crippen LogP contribution >= 0.6 is 0 Å². The zero-order chi connectivity index (χ0) is 14.9. The van der Waals surface area contributed by atoms with E-state index < -0.39 is 0 Å². The minimum Gasteiger partial charge on any atom is -0.490 e. The average Bonchev–Trinajstić information content (AvgIpc) is 2.79. The van der Waals surface area contributed by atoms with E-state index in [-0.39, 0.29) is 5.43 Å². The lowest BCUT2D eigenvalue weighted by Crippen LogP contribution is -2.00. The molecule has 4 heteroatoms. The van der Waals surface area contributed by atoms with E-state index >= 15 is 0 Å². The number of fused-ring (bicyclic) bond motifs is 2. The molecule has 1 aliphatic rings. The fourth-order valence-electron chi connectivity index (χ4n) is 2.56. The van der Waals surface area contributed by atoms with E-state index in [2.05, 4.69) is 0 Å². The Kier molecular flexibility index (Phi) is 3.07. The van der Waals surface area contributed by atoms with Crippen LogP contribution in [0.3, 0.4) is 0 Å². The van der Waals surface area contributed by atoms with Crippen molar-refractivity contribution in [1.29, 1.82) is 0 Å². The van der Waals surface area contributed by atoms with E-state index in [0.29, 0.717) is 35.7 Å². The second kappa shape index (κ2) is 5.22. The van der Waals surface area contributed by atoms with Gasteiger partial charge in [0.25, 0.3) is 0 Å². The van der Waals surface area contributed by atoms with Crippen LogP contribution in [-0.4, -0.2) is 13.2 Å². The summed E-state index contributed by atoms with van der Waals surface area (Å²) in [6.45, 7) is 1.27. The van der Waals surface area contributed by atoms with Crippen molar-refractivity contribution in [2.45, 2.75) is 6.42 Å². The number of rotatable bonds is 1. The highest BCUT2D eigenvalue weighted by molar-refractivity contribution is 5.78. The third-order valence-corrected chi connectivity index (χ3v) is 3.67. The van der Waals surface area contributed by atoms with E-state index in [1.807, 2.05) is 30.3 Å². The highest BCUT2D eigenvalue weighted by Gasteiger charge is 2.13. The van der Waals surface area contributed by atoms with Crippen LogP contribution in [0.25, 0.3) is 22.3 Å². The molecule has 4 nitrogen and oxygen atoms in total. The lowest BCUT2D eigenvalue weighted by molar-refractivity contribution is 0.297. The summed E-state index contributed by atoms with van der Waals surface area (Å²) in [5.74, 6) is 1.94. The van der Waals surface area contributed by atoms with Gasteiger partial charge in [-0.1, -0.05) is 12.1 Å². The van der Waals surface area contributed by atoms with E-state index in [4.69, 9.17) is 13.9 Å². The van der Waals surface area contributed by atoms with Gasteiger partial charge in [-0.3, -0.25) is 4.79 Å². The van der Waals surface area contributed by atoms with Crippen molar-refractivity contribution in [3.63, 3.8) is 0 Å². The van der Waals surface area contributed by atoms with Crippen LogP contribution in [0.2, 0.25) is 0 Å². The molecule has 0 fully saturated rings. The second-order valence-electron chi connectivity index (χ2n) is 5.18. The normalized spacial score (nSPS) is 13.8. The summed E-state index contributed by atoms with van der Waals surface area (Å²) in [5.41, 5.74) is 1.33. The summed E-state index contributed by atoms with van der Waals surface area (Å²) in [6, 6.07) is 14.3. The first-order valence-corrected chi connectivity index (χ1v) is 7.24. The molecule has 0 saturated carbocycles. The summed E-state index contributed by atoms with van der Waals surface area (Å²) in [4.78, 5) is 12.2. The maximum Gasteiger partial charge on any atom is 0.193 e. The van der Waals surface area contributed by atoms with Crippen molar-refractivity contribution in [2.24, 2.45) is 0 Å². The highest BCUT2D eigenvalue weighted by atomic mass is 16.5. The van der Waals surface area contributed by atoms with Crippen molar-refractivity contribution in [2.75, 3.05) is 13.2 Å². The fraction of sp³-hybridized carbons (Fsp3) is 0.167. The van der Waals surface area contributed by atoms with Gasteiger partial charge in [0.05, 0.1) is 18.6 Å². The molecule has 0 radical (unpaired) electrons. The van der Waals surface area contributed by atoms with Gasteiger partial charge in [0.15, 0.2) is 16.9 Å². The molecular formula is C18H14O4. The Labute approximate surface area is 126 Å². The maximum atomic E-state index is 12.2. The van der Waals surface area contributed by atoms with Crippen LogP contribution in [-0.2, 0) is 0 Å². The lowest BCUT2D eigenvalue weighted by Gasteiger charge is -2.09.